The molecule has 10 heteroatoms. The Morgan fingerprint density at radius 1 is 0.805 bits per heavy atom. The molecule has 0 aliphatic carbocycles. The van der Waals surface area contributed by atoms with Gasteiger partial charge in [0.15, 0.2) is 0 Å². The Hall–Kier alpha value is -4.08. The summed E-state index contributed by atoms with van der Waals surface area (Å²) in [6.45, 7) is 9.10. The molecule has 0 saturated heterocycles. The number of benzene rings is 2. The first-order chi connectivity index (χ1) is 19.4. The number of carbonyl (C=O) groups excluding carboxylic acids is 4. The van der Waals surface area contributed by atoms with Crippen LogP contribution in [0.3, 0.4) is 0 Å². The van der Waals surface area contributed by atoms with Crippen molar-refractivity contribution in [2.45, 2.75) is 72.4 Å². The summed E-state index contributed by atoms with van der Waals surface area (Å²) >= 11 is 0. The molecule has 3 atom stereocenters. The predicted octanol–water partition coefficient (Wildman–Crippen LogP) is 4.07. The van der Waals surface area contributed by atoms with Crippen LogP contribution in [0.25, 0.3) is 0 Å². The van der Waals surface area contributed by atoms with Crippen LogP contribution >= 0.6 is 0 Å². The molecule has 0 aliphatic heterocycles. The Bertz CT molecular complexity index is 1140. The first-order valence-corrected chi connectivity index (χ1v) is 13.8. The van der Waals surface area contributed by atoms with E-state index >= 15 is 0 Å². The zero-order valence-electron chi connectivity index (χ0n) is 25.0. The van der Waals surface area contributed by atoms with Crippen LogP contribution in [0.15, 0.2) is 54.6 Å². The second-order valence-corrected chi connectivity index (χ2v) is 10.7. The van der Waals surface area contributed by atoms with Gasteiger partial charge in [-0.3, -0.25) is 9.59 Å². The predicted molar refractivity (Wildman–Crippen MR) is 155 cm³/mol. The molecule has 2 N–H and O–H groups in total. The summed E-state index contributed by atoms with van der Waals surface area (Å²) < 4.78 is 15.8. The maximum absolute atomic E-state index is 13.5. The van der Waals surface area contributed by atoms with E-state index in [1.807, 2.05) is 44.2 Å². The summed E-state index contributed by atoms with van der Waals surface area (Å²) in [7, 11) is 3.09. The molecule has 2 aromatic carbocycles. The molecule has 10 nitrogen and oxygen atoms in total. The van der Waals surface area contributed by atoms with E-state index in [1.165, 1.54) is 18.9 Å². The lowest BCUT2D eigenvalue weighted by atomic mass is 9.98. The van der Waals surface area contributed by atoms with Crippen LogP contribution < -0.4 is 15.4 Å². The summed E-state index contributed by atoms with van der Waals surface area (Å²) in [4.78, 5) is 53.3. The van der Waals surface area contributed by atoms with Gasteiger partial charge in [-0.15, -0.1) is 0 Å². The van der Waals surface area contributed by atoms with Gasteiger partial charge in [-0.05, 0) is 48.4 Å². The number of hydrogen-bond donors (Lipinski definition) is 2. The first-order valence-electron chi connectivity index (χ1n) is 13.8. The van der Waals surface area contributed by atoms with Crippen LogP contribution in [0.1, 0.15) is 52.2 Å². The van der Waals surface area contributed by atoms with E-state index in [1.54, 1.807) is 45.2 Å². The van der Waals surface area contributed by atoms with Gasteiger partial charge in [-0.1, -0.05) is 70.2 Å². The Morgan fingerprint density at radius 2 is 1.39 bits per heavy atom. The van der Waals surface area contributed by atoms with E-state index in [9.17, 15) is 19.2 Å². The van der Waals surface area contributed by atoms with Gasteiger partial charge in [0.1, 0.15) is 37.1 Å². The summed E-state index contributed by atoms with van der Waals surface area (Å²) in [6, 6.07) is 13.6. The quantitative estimate of drug-likeness (QED) is 0.329. The van der Waals surface area contributed by atoms with E-state index in [2.05, 4.69) is 10.6 Å². The van der Waals surface area contributed by atoms with Crippen molar-refractivity contribution in [2.24, 2.45) is 11.8 Å². The molecule has 2 aromatic rings. The standard InChI is InChI=1S/C31H43N3O7/c1-20(2)17-26(28(35)32-22(5)30(37)40-18-23-11-9-8-10-12-23)34(6)29(36)27(21(3)4)33-31(38)41-19-24-13-15-25(39-7)16-14-24/h8-16,20-22,26-27H,17-19H2,1-7H3,(H,32,35)(H,33,38)/t22-,26-,27-/m0/s1. The molecule has 0 radical (unpaired) electrons. The maximum Gasteiger partial charge on any atom is 0.408 e. The highest BCUT2D eigenvalue weighted by molar-refractivity contribution is 5.93. The normalized spacial score (nSPS) is 13.1. The number of nitrogens with one attached hydrogen (secondary N) is 2. The van der Waals surface area contributed by atoms with Crippen molar-refractivity contribution < 1.29 is 33.4 Å². The number of methoxy groups -OCH3 is 1. The number of likely N-dealkylation sites (N-methyl/N-ethyl adjacent to an activating group) is 1. The minimum Gasteiger partial charge on any atom is -0.497 e. The Morgan fingerprint density at radius 3 is 1.95 bits per heavy atom. The van der Waals surface area contributed by atoms with Gasteiger partial charge in [0.05, 0.1) is 7.11 Å². The second kappa shape index (κ2) is 16.2. The van der Waals surface area contributed by atoms with Gasteiger partial charge in [0.2, 0.25) is 11.8 Å². The van der Waals surface area contributed by atoms with Crippen LogP contribution in [0.5, 0.6) is 5.75 Å². The Kier molecular flexibility index (Phi) is 13.1. The second-order valence-electron chi connectivity index (χ2n) is 10.7. The smallest absolute Gasteiger partial charge is 0.408 e. The molecule has 2 rings (SSSR count). The summed E-state index contributed by atoms with van der Waals surface area (Å²) in [6.07, 6.45) is -0.395. The number of nitrogens with zero attached hydrogens (tertiary/aromatic N) is 1. The largest absolute Gasteiger partial charge is 0.497 e. The third-order valence-electron chi connectivity index (χ3n) is 6.48. The van der Waals surface area contributed by atoms with Crippen LogP contribution in [-0.2, 0) is 37.1 Å². The number of esters is 1. The molecule has 0 bridgehead atoms. The van der Waals surface area contributed by atoms with Crippen molar-refractivity contribution in [2.75, 3.05) is 14.2 Å². The zero-order chi connectivity index (χ0) is 30.5. The molecule has 0 aliphatic rings. The van der Waals surface area contributed by atoms with Crippen molar-refractivity contribution in [3.05, 3.63) is 65.7 Å². The monoisotopic (exact) mass is 569 g/mol. The first kappa shape index (κ1) is 33.1. The van der Waals surface area contributed by atoms with Gasteiger partial charge >= 0.3 is 12.1 Å². The number of amides is 3. The van der Waals surface area contributed by atoms with Gasteiger partial charge in [-0.2, -0.15) is 0 Å². The lowest BCUT2D eigenvalue weighted by molar-refractivity contribution is -0.149. The van der Waals surface area contributed by atoms with Crippen LogP contribution in [0.4, 0.5) is 4.79 Å². The molecule has 0 saturated carbocycles. The van der Waals surface area contributed by atoms with Gasteiger partial charge in [0, 0.05) is 7.05 Å². The van der Waals surface area contributed by atoms with Gasteiger partial charge < -0.3 is 29.7 Å². The highest BCUT2D eigenvalue weighted by Gasteiger charge is 2.35. The third kappa shape index (κ3) is 10.8. The van der Waals surface area contributed by atoms with Crippen LogP contribution in [0, 0.1) is 11.8 Å². The highest BCUT2D eigenvalue weighted by Crippen LogP contribution is 2.16. The van der Waals surface area contributed by atoms with Crippen LogP contribution in [-0.4, -0.2) is 61.1 Å². The molecule has 0 fully saturated rings. The number of rotatable bonds is 14. The van der Waals surface area contributed by atoms with E-state index in [0.29, 0.717) is 12.2 Å². The molecular formula is C31H43N3O7. The highest BCUT2D eigenvalue weighted by atomic mass is 16.5. The average Bonchev–Trinajstić information content (AvgIpc) is 2.96. The van der Waals surface area contributed by atoms with E-state index in [0.717, 1.165) is 11.1 Å². The molecular weight excluding hydrogens is 526 g/mol. The SMILES string of the molecule is COc1ccc(COC(=O)N[C@H](C(=O)N(C)[C@@H](CC(C)C)C(=O)N[C@@H](C)C(=O)OCc2ccccc2)C(C)C)cc1. The van der Waals surface area contributed by atoms with Gasteiger partial charge in [-0.25, -0.2) is 9.59 Å². The fourth-order valence-corrected chi connectivity index (χ4v) is 4.04. The summed E-state index contributed by atoms with van der Waals surface area (Å²) in [5.41, 5.74) is 1.59. The third-order valence-corrected chi connectivity index (χ3v) is 6.48. The fraction of sp³-hybridized carbons (Fsp3) is 0.484. The van der Waals surface area contributed by atoms with Crippen molar-refractivity contribution in [1.82, 2.24) is 15.5 Å². The van der Waals surface area contributed by atoms with Crippen molar-refractivity contribution in [3.8, 4) is 5.75 Å². The van der Waals surface area contributed by atoms with E-state index in [4.69, 9.17) is 14.2 Å². The van der Waals surface area contributed by atoms with Gasteiger partial charge in [0.25, 0.3) is 0 Å². The lowest BCUT2D eigenvalue weighted by Gasteiger charge is -2.33. The number of hydrogen-bond acceptors (Lipinski definition) is 7. The fourth-order valence-electron chi connectivity index (χ4n) is 4.04. The maximum atomic E-state index is 13.5. The molecule has 0 heterocycles. The summed E-state index contributed by atoms with van der Waals surface area (Å²) in [5, 5.41) is 5.33. The number of ether oxygens (including phenoxy) is 3. The number of alkyl carbamates (subject to hydrolysis) is 1. The summed E-state index contributed by atoms with van der Waals surface area (Å²) in [5.74, 6) is -1.04. The van der Waals surface area contributed by atoms with Crippen molar-refractivity contribution in [1.29, 1.82) is 0 Å². The van der Waals surface area contributed by atoms with E-state index < -0.39 is 42.0 Å². The topological polar surface area (TPSA) is 123 Å². The lowest BCUT2D eigenvalue weighted by Crippen LogP contribution is -2.57. The Labute approximate surface area is 242 Å². The van der Waals surface area contributed by atoms with Crippen molar-refractivity contribution in [3.63, 3.8) is 0 Å². The minimum atomic E-state index is -0.931. The molecule has 224 valence electrons. The minimum absolute atomic E-state index is 0.0152. The number of carbonyl (C=O) groups is 4. The molecule has 3 amide bonds. The molecule has 41 heavy (non-hydrogen) atoms. The Balaban J connectivity index is 2.02. The van der Waals surface area contributed by atoms with E-state index in [-0.39, 0.29) is 25.0 Å². The molecule has 0 unspecified atom stereocenters. The zero-order valence-corrected chi connectivity index (χ0v) is 25.0. The average molecular weight is 570 g/mol. The van der Waals surface area contributed by atoms with Crippen molar-refractivity contribution >= 4 is 23.9 Å². The molecule has 0 aromatic heterocycles. The van der Waals surface area contributed by atoms with Crippen LogP contribution in [0.2, 0.25) is 0 Å². The molecule has 0 spiro atoms.